The molecule has 6 heteroatoms. The zero-order chi connectivity index (χ0) is 16.4. The Kier molecular flexibility index (Phi) is 8.42. The van der Waals surface area contributed by atoms with Crippen molar-refractivity contribution < 1.29 is 9.52 Å². The van der Waals surface area contributed by atoms with Gasteiger partial charge in [0.25, 0.3) is 0 Å². The lowest BCUT2D eigenvalue weighted by atomic mass is 10.0. The maximum absolute atomic E-state index is 10.5. The van der Waals surface area contributed by atoms with Crippen molar-refractivity contribution in [1.29, 1.82) is 0 Å². The van der Waals surface area contributed by atoms with Gasteiger partial charge in [-0.25, -0.2) is 4.99 Å². The Bertz CT molecular complexity index is 458. The SMILES string of the molecule is CCNC(=NCC(C)(O)c1ccc(C)o1)NCCCCSC. The standard InChI is InChI=1S/C16H29N3O2S/c1-5-17-15(18-10-6-7-11-22-4)19-12-16(3,20)14-9-8-13(2)21-14/h8-9,20H,5-7,10-12H2,1-4H3,(H2,17,18,19). The van der Waals surface area contributed by atoms with Crippen molar-refractivity contribution in [2.45, 2.75) is 39.2 Å². The first-order valence-electron chi connectivity index (χ1n) is 7.80. The molecule has 1 aromatic heterocycles. The van der Waals surface area contributed by atoms with Gasteiger partial charge in [-0.05, 0) is 57.8 Å². The van der Waals surface area contributed by atoms with Crippen LogP contribution in [0.4, 0.5) is 0 Å². The van der Waals surface area contributed by atoms with E-state index in [0.29, 0.717) is 5.76 Å². The van der Waals surface area contributed by atoms with Crippen LogP contribution in [0.25, 0.3) is 0 Å². The van der Waals surface area contributed by atoms with Gasteiger partial charge in [-0.2, -0.15) is 11.8 Å². The van der Waals surface area contributed by atoms with E-state index in [9.17, 15) is 5.11 Å². The largest absolute Gasteiger partial charge is 0.463 e. The number of aryl methyl sites for hydroxylation is 1. The molecular weight excluding hydrogens is 298 g/mol. The first kappa shape index (κ1) is 18.9. The minimum atomic E-state index is -1.10. The molecule has 0 aliphatic carbocycles. The number of rotatable bonds is 9. The van der Waals surface area contributed by atoms with Crippen LogP contribution in [0, 0.1) is 6.92 Å². The predicted molar refractivity (Wildman–Crippen MR) is 94.6 cm³/mol. The maximum Gasteiger partial charge on any atom is 0.191 e. The van der Waals surface area contributed by atoms with Gasteiger partial charge >= 0.3 is 0 Å². The number of thioether (sulfide) groups is 1. The van der Waals surface area contributed by atoms with Crippen molar-refractivity contribution in [2.75, 3.05) is 31.6 Å². The Labute approximate surface area is 138 Å². The van der Waals surface area contributed by atoms with Crippen molar-refractivity contribution in [2.24, 2.45) is 4.99 Å². The summed E-state index contributed by atoms with van der Waals surface area (Å²) in [7, 11) is 0. The van der Waals surface area contributed by atoms with Gasteiger partial charge in [-0.15, -0.1) is 0 Å². The van der Waals surface area contributed by atoms with E-state index in [1.54, 1.807) is 13.0 Å². The fraction of sp³-hybridized carbons (Fsp3) is 0.688. The Hall–Kier alpha value is -1.14. The minimum absolute atomic E-state index is 0.250. The molecule has 0 spiro atoms. The quantitative estimate of drug-likeness (QED) is 0.369. The van der Waals surface area contributed by atoms with Crippen LogP contribution in [-0.2, 0) is 5.60 Å². The van der Waals surface area contributed by atoms with Gasteiger partial charge in [-0.3, -0.25) is 0 Å². The molecule has 1 unspecified atom stereocenters. The molecule has 3 N–H and O–H groups in total. The van der Waals surface area contributed by atoms with Crippen molar-refractivity contribution >= 4 is 17.7 Å². The van der Waals surface area contributed by atoms with Crippen molar-refractivity contribution in [3.63, 3.8) is 0 Å². The van der Waals surface area contributed by atoms with E-state index in [-0.39, 0.29) is 6.54 Å². The highest BCUT2D eigenvalue weighted by Gasteiger charge is 2.26. The van der Waals surface area contributed by atoms with Crippen LogP contribution in [0.5, 0.6) is 0 Å². The maximum atomic E-state index is 10.5. The molecule has 0 aliphatic rings. The summed E-state index contributed by atoms with van der Waals surface area (Å²) in [6.45, 7) is 7.53. The average molecular weight is 327 g/mol. The average Bonchev–Trinajstić information content (AvgIpc) is 2.92. The summed E-state index contributed by atoms with van der Waals surface area (Å²) in [4.78, 5) is 4.47. The summed E-state index contributed by atoms with van der Waals surface area (Å²) in [5.74, 6) is 3.25. The van der Waals surface area contributed by atoms with Crippen LogP contribution in [0.3, 0.4) is 0 Å². The molecule has 0 radical (unpaired) electrons. The van der Waals surface area contributed by atoms with E-state index >= 15 is 0 Å². The summed E-state index contributed by atoms with van der Waals surface area (Å²) >= 11 is 1.87. The van der Waals surface area contributed by atoms with Gasteiger partial charge in [0.1, 0.15) is 17.1 Å². The van der Waals surface area contributed by atoms with Gasteiger partial charge < -0.3 is 20.2 Å². The molecule has 1 heterocycles. The normalized spacial score (nSPS) is 14.7. The summed E-state index contributed by atoms with van der Waals surface area (Å²) in [6, 6.07) is 3.65. The van der Waals surface area contributed by atoms with Gasteiger partial charge in [0.2, 0.25) is 0 Å². The van der Waals surface area contributed by atoms with Gasteiger partial charge in [0.15, 0.2) is 5.96 Å². The summed E-state index contributed by atoms with van der Waals surface area (Å²) in [5, 5.41) is 17.0. The molecule has 0 fully saturated rings. The third-order valence-corrected chi connectivity index (χ3v) is 3.93. The van der Waals surface area contributed by atoms with Crippen LogP contribution in [0.1, 0.15) is 38.2 Å². The third kappa shape index (κ3) is 6.75. The number of nitrogens with one attached hydrogen (secondary N) is 2. The lowest BCUT2D eigenvalue weighted by Crippen LogP contribution is -2.39. The summed E-state index contributed by atoms with van der Waals surface area (Å²) < 4.78 is 5.50. The van der Waals surface area contributed by atoms with E-state index in [1.165, 1.54) is 12.2 Å². The third-order valence-electron chi connectivity index (χ3n) is 3.23. The number of furan rings is 1. The highest BCUT2D eigenvalue weighted by atomic mass is 32.2. The predicted octanol–water partition coefficient (Wildman–Crippen LogP) is 2.49. The molecule has 5 nitrogen and oxygen atoms in total. The highest BCUT2D eigenvalue weighted by Crippen LogP contribution is 2.22. The monoisotopic (exact) mass is 327 g/mol. The Balaban J connectivity index is 2.53. The number of unbranched alkanes of at least 4 members (excludes halogenated alkanes) is 1. The zero-order valence-corrected chi connectivity index (χ0v) is 14.9. The fourth-order valence-electron chi connectivity index (χ4n) is 1.95. The van der Waals surface area contributed by atoms with Crippen LogP contribution >= 0.6 is 11.8 Å². The molecule has 0 bridgehead atoms. The molecule has 0 amide bonds. The first-order valence-corrected chi connectivity index (χ1v) is 9.19. The molecule has 126 valence electrons. The lowest BCUT2D eigenvalue weighted by molar-refractivity contribution is 0.0428. The molecule has 0 aliphatic heterocycles. The second-order valence-corrected chi connectivity index (χ2v) is 6.49. The zero-order valence-electron chi connectivity index (χ0n) is 14.1. The van der Waals surface area contributed by atoms with Crippen molar-refractivity contribution in [1.82, 2.24) is 10.6 Å². The second kappa shape index (κ2) is 9.79. The highest BCUT2D eigenvalue weighted by molar-refractivity contribution is 7.98. The molecule has 1 aromatic rings. The number of nitrogens with zero attached hydrogens (tertiary/aromatic N) is 1. The summed E-state index contributed by atoms with van der Waals surface area (Å²) in [5.41, 5.74) is -1.10. The molecular formula is C16H29N3O2S. The van der Waals surface area contributed by atoms with Crippen LogP contribution < -0.4 is 10.6 Å². The van der Waals surface area contributed by atoms with E-state index in [1.807, 2.05) is 31.7 Å². The van der Waals surface area contributed by atoms with E-state index in [4.69, 9.17) is 4.42 Å². The molecule has 1 rings (SSSR count). The van der Waals surface area contributed by atoms with Crippen LogP contribution in [-0.4, -0.2) is 42.7 Å². The Morgan fingerprint density at radius 1 is 1.36 bits per heavy atom. The number of guanidine groups is 1. The number of hydrogen-bond donors (Lipinski definition) is 3. The van der Waals surface area contributed by atoms with Gasteiger partial charge in [0.05, 0.1) is 6.54 Å². The first-order chi connectivity index (χ1) is 10.5. The molecule has 0 saturated carbocycles. The summed E-state index contributed by atoms with van der Waals surface area (Å²) in [6.07, 6.45) is 4.42. The number of aliphatic hydroxyl groups is 1. The van der Waals surface area contributed by atoms with Gasteiger partial charge in [-0.1, -0.05) is 0 Å². The molecule has 1 atom stereocenters. The minimum Gasteiger partial charge on any atom is -0.463 e. The topological polar surface area (TPSA) is 69.8 Å². The molecule has 22 heavy (non-hydrogen) atoms. The smallest absolute Gasteiger partial charge is 0.191 e. The van der Waals surface area contributed by atoms with E-state index in [0.717, 1.165) is 31.2 Å². The lowest BCUT2D eigenvalue weighted by Gasteiger charge is -2.19. The Morgan fingerprint density at radius 2 is 2.14 bits per heavy atom. The number of aliphatic imine (C=N–C) groups is 1. The van der Waals surface area contributed by atoms with E-state index in [2.05, 4.69) is 21.9 Å². The second-order valence-electron chi connectivity index (χ2n) is 5.51. The van der Waals surface area contributed by atoms with Crippen LogP contribution in [0.2, 0.25) is 0 Å². The number of hydrogen-bond acceptors (Lipinski definition) is 4. The molecule has 0 aromatic carbocycles. The molecule has 0 saturated heterocycles. The van der Waals surface area contributed by atoms with Gasteiger partial charge in [0, 0.05) is 13.1 Å². The van der Waals surface area contributed by atoms with Crippen LogP contribution in [0.15, 0.2) is 21.5 Å². The fourth-order valence-corrected chi connectivity index (χ4v) is 2.45. The van der Waals surface area contributed by atoms with Crippen molar-refractivity contribution in [3.8, 4) is 0 Å². The van der Waals surface area contributed by atoms with Crippen molar-refractivity contribution in [3.05, 3.63) is 23.7 Å². The van der Waals surface area contributed by atoms with E-state index < -0.39 is 5.60 Å². The Morgan fingerprint density at radius 3 is 2.73 bits per heavy atom.